The average Bonchev–Trinajstić information content (AvgIpc) is 2.39. The number of terminal acetylenes is 1. The van der Waals surface area contributed by atoms with Gasteiger partial charge in [-0.3, -0.25) is 4.72 Å². The summed E-state index contributed by atoms with van der Waals surface area (Å²) in [4.78, 5) is -0.0139. The Morgan fingerprint density at radius 1 is 1.11 bits per heavy atom. The quantitative estimate of drug-likeness (QED) is 0.875. The SMILES string of the molecule is C#Cc1cccc(NS(=O)(=O)c2ccc(F)cc2)c1. The highest BCUT2D eigenvalue weighted by atomic mass is 32.2. The van der Waals surface area contributed by atoms with Crippen LogP contribution in [0.15, 0.2) is 53.4 Å². The number of hydrogen-bond acceptors (Lipinski definition) is 2. The van der Waals surface area contributed by atoms with Crippen LogP contribution in [0.4, 0.5) is 10.1 Å². The van der Waals surface area contributed by atoms with Gasteiger partial charge in [0.15, 0.2) is 0 Å². The summed E-state index contributed by atoms with van der Waals surface area (Å²) in [6, 6.07) is 11.0. The van der Waals surface area contributed by atoms with Gasteiger partial charge in [-0.15, -0.1) is 6.42 Å². The van der Waals surface area contributed by atoms with Crippen LogP contribution in [0.1, 0.15) is 5.56 Å². The lowest BCUT2D eigenvalue weighted by molar-refractivity contribution is 0.599. The lowest BCUT2D eigenvalue weighted by Crippen LogP contribution is -2.12. The van der Waals surface area contributed by atoms with Crippen molar-refractivity contribution in [2.45, 2.75) is 4.90 Å². The number of halogens is 1. The van der Waals surface area contributed by atoms with Crippen molar-refractivity contribution < 1.29 is 12.8 Å². The summed E-state index contributed by atoms with van der Waals surface area (Å²) < 4.78 is 39.2. The summed E-state index contributed by atoms with van der Waals surface area (Å²) in [7, 11) is -3.74. The fourth-order valence-corrected chi connectivity index (χ4v) is 2.55. The van der Waals surface area contributed by atoms with Gasteiger partial charge in [0.1, 0.15) is 5.82 Å². The minimum atomic E-state index is -3.74. The maximum atomic E-state index is 12.8. The Hall–Kier alpha value is -2.32. The van der Waals surface area contributed by atoms with Crippen LogP contribution < -0.4 is 4.72 Å². The van der Waals surface area contributed by atoms with E-state index in [1.165, 1.54) is 12.1 Å². The molecule has 0 aliphatic rings. The monoisotopic (exact) mass is 275 g/mol. The molecule has 0 saturated carbocycles. The van der Waals surface area contributed by atoms with E-state index in [0.717, 1.165) is 12.1 Å². The van der Waals surface area contributed by atoms with Gasteiger partial charge in [-0.2, -0.15) is 0 Å². The fraction of sp³-hybridized carbons (Fsp3) is 0. The van der Waals surface area contributed by atoms with E-state index in [1.807, 2.05) is 0 Å². The number of nitrogens with one attached hydrogen (secondary N) is 1. The molecular weight excluding hydrogens is 265 g/mol. The molecule has 0 spiro atoms. The van der Waals surface area contributed by atoms with Crippen molar-refractivity contribution in [2.24, 2.45) is 0 Å². The second kappa shape index (κ2) is 5.12. The van der Waals surface area contributed by atoms with Gasteiger partial charge in [-0.05, 0) is 42.5 Å². The van der Waals surface area contributed by atoms with Gasteiger partial charge in [-0.1, -0.05) is 12.0 Å². The van der Waals surface area contributed by atoms with Gasteiger partial charge >= 0.3 is 0 Å². The molecule has 0 aliphatic heterocycles. The Kier molecular flexibility index (Phi) is 3.54. The Labute approximate surface area is 111 Å². The normalized spacial score (nSPS) is 10.7. The van der Waals surface area contributed by atoms with E-state index in [4.69, 9.17) is 6.42 Å². The average molecular weight is 275 g/mol. The van der Waals surface area contributed by atoms with Crippen molar-refractivity contribution in [3.8, 4) is 12.3 Å². The molecule has 0 bridgehead atoms. The van der Waals surface area contributed by atoms with Crippen LogP contribution in [0, 0.1) is 18.2 Å². The van der Waals surface area contributed by atoms with E-state index >= 15 is 0 Å². The molecular formula is C14H10FNO2S. The summed E-state index contributed by atoms with van der Waals surface area (Å²) in [6.45, 7) is 0. The lowest BCUT2D eigenvalue weighted by atomic mass is 10.2. The molecule has 2 rings (SSSR count). The topological polar surface area (TPSA) is 46.2 Å². The molecule has 0 atom stereocenters. The standard InChI is InChI=1S/C14H10FNO2S/c1-2-11-4-3-5-13(10-11)16-19(17,18)14-8-6-12(15)7-9-14/h1,3-10,16H. The van der Waals surface area contributed by atoms with E-state index in [2.05, 4.69) is 10.6 Å². The van der Waals surface area contributed by atoms with Crippen molar-refractivity contribution in [3.05, 3.63) is 59.9 Å². The lowest BCUT2D eigenvalue weighted by Gasteiger charge is -2.08. The second-order valence-electron chi connectivity index (χ2n) is 3.78. The Bertz CT molecular complexity index is 731. The molecule has 0 aromatic heterocycles. The molecule has 0 heterocycles. The first kappa shape index (κ1) is 13.1. The van der Waals surface area contributed by atoms with Gasteiger partial charge in [0.05, 0.1) is 10.6 Å². The molecule has 2 aromatic carbocycles. The third kappa shape index (κ3) is 3.12. The molecule has 96 valence electrons. The van der Waals surface area contributed by atoms with E-state index in [9.17, 15) is 12.8 Å². The molecule has 1 N–H and O–H groups in total. The van der Waals surface area contributed by atoms with Crippen LogP contribution in [0.5, 0.6) is 0 Å². The smallest absolute Gasteiger partial charge is 0.261 e. The highest BCUT2D eigenvalue weighted by molar-refractivity contribution is 7.92. The summed E-state index contributed by atoms with van der Waals surface area (Å²) in [5, 5.41) is 0. The predicted molar refractivity (Wildman–Crippen MR) is 71.6 cm³/mol. The summed E-state index contributed by atoms with van der Waals surface area (Å²) in [6.07, 6.45) is 5.24. The zero-order chi connectivity index (χ0) is 13.9. The minimum absolute atomic E-state index is 0.0139. The van der Waals surface area contributed by atoms with Crippen molar-refractivity contribution in [1.29, 1.82) is 0 Å². The number of sulfonamides is 1. The van der Waals surface area contributed by atoms with Crippen LogP contribution in [-0.4, -0.2) is 8.42 Å². The van der Waals surface area contributed by atoms with Gasteiger partial charge in [0.2, 0.25) is 0 Å². The van der Waals surface area contributed by atoms with E-state index < -0.39 is 15.8 Å². The largest absolute Gasteiger partial charge is 0.280 e. The first-order valence-corrected chi connectivity index (χ1v) is 6.85. The van der Waals surface area contributed by atoms with Crippen LogP contribution in [0.3, 0.4) is 0 Å². The fourth-order valence-electron chi connectivity index (χ4n) is 1.50. The highest BCUT2D eigenvalue weighted by Gasteiger charge is 2.13. The summed E-state index contributed by atoms with van der Waals surface area (Å²) in [5.74, 6) is 1.92. The highest BCUT2D eigenvalue weighted by Crippen LogP contribution is 2.17. The molecule has 19 heavy (non-hydrogen) atoms. The third-order valence-corrected chi connectivity index (χ3v) is 3.80. The molecule has 0 saturated heterocycles. The van der Waals surface area contributed by atoms with Gasteiger partial charge in [0.25, 0.3) is 10.0 Å². The van der Waals surface area contributed by atoms with Crippen molar-refractivity contribution in [1.82, 2.24) is 0 Å². The van der Waals surface area contributed by atoms with Crippen molar-refractivity contribution in [2.75, 3.05) is 4.72 Å². The first-order chi connectivity index (χ1) is 9.01. The molecule has 0 fully saturated rings. The molecule has 2 aromatic rings. The zero-order valence-corrected chi connectivity index (χ0v) is 10.6. The zero-order valence-electron chi connectivity index (χ0n) is 9.80. The molecule has 0 radical (unpaired) electrons. The number of hydrogen-bond donors (Lipinski definition) is 1. The maximum Gasteiger partial charge on any atom is 0.261 e. The molecule has 5 heteroatoms. The van der Waals surface area contributed by atoms with Crippen molar-refractivity contribution in [3.63, 3.8) is 0 Å². The van der Waals surface area contributed by atoms with Gasteiger partial charge in [0, 0.05) is 5.56 Å². The Morgan fingerprint density at radius 2 is 1.79 bits per heavy atom. The van der Waals surface area contributed by atoms with E-state index in [0.29, 0.717) is 11.3 Å². The second-order valence-corrected chi connectivity index (χ2v) is 5.47. The number of anilines is 1. The summed E-state index contributed by atoms with van der Waals surface area (Å²) >= 11 is 0. The first-order valence-electron chi connectivity index (χ1n) is 5.36. The van der Waals surface area contributed by atoms with Crippen molar-refractivity contribution >= 4 is 15.7 Å². The third-order valence-electron chi connectivity index (χ3n) is 2.41. The van der Waals surface area contributed by atoms with E-state index in [-0.39, 0.29) is 4.90 Å². The van der Waals surface area contributed by atoms with Crippen LogP contribution in [0.25, 0.3) is 0 Å². The number of benzene rings is 2. The molecule has 0 amide bonds. The number of rotatable bonds is 3. The van der Waals surface area contributed by atoms with Crippen LogP contribution >= 0.6 is 0 Å². The van der Waals surface area contributed by atoms with E-state index in [1.54, 1.807) is 24.3 Å². The van der Waals surface area contributed by atoms with Gasteiger partial charge in [-0.25, -0.2) is 12.8 Å². The van der Waals surface area contributed by atoms with Crippen LogP contribution in [-0.2, 0) is 10.0 Å². The molecule has 3 nitrogen and oxygen atoms in total. The minimum Gasteiger partial charge on any atom is -0.280 e. The Balaban J connectivity index is 2.31. The molecule has 0 unspecified atom stereocenters. The Morgan fingerprint density at radius 3 is 2.42 bits per heavy atom. The van der Waals surface area contributed by atoms with Crippen LogP contribution in [0.2, 0.25) is 0 Å². The predicted octanol–water partition coefficient (Wildman–Crippen LogP) is 2.61. The maximum absolute atomic E-state index is 12.8. The summed E-state index contributed by atoms with van der Waals surface area (Å²) in [5.41, 5.74) is 0.930. The van der Waals surface area contributed by atoms with Gasteiger partial charge < -0.3 is 0 Å². The molecule has 0 aliphatic carbocycles.